The number of nitrogens with one attached hydrogen (secondary N) is 1. The lowest BCUT2D eigenvalue weighted by atomic mass is 10.0. The van der Waals surface area contributed by atoms with Gasteiger partial charge in [-0.25, -0.2) is 0 Å². The number of pyridine rings is 1. The number of nitrogens with zero attached hydrogens (tertiary/aromatic N) is 2. The molecule has 0 unspecified atom stereocenters. The predicted molar refractivity (Wildman–Crippen MR) is 108 cm³/mol. The lowest BCUT2D eigenvalue weighted by molar-refractivity contribution is 0.475. The third-order valence-electron chi connectivity index (χ3n) is 4.44. The summed E-state index contributed by atoms with van der Waals surface area (Å²) in [6, 6.07) is 25.2. The molecule has 130 valence electrons. The first-order valence-corrected chi connectivity index (χ1v) is 8.64. The van der Waals surface area contributed by atoms with E-state index in [1.165, 1.54) is 0 Å². The Bertz CT molecular complexity index is 1140. The van der Waals surface area contributed by atoms with Gasteiger partial charge in [0.05, 0.1) is 18.0 Å². The zero-order valence-electron chi connectivity index (χ0n) is 14.6. The lowest BCUT2D eigenvalue weighted by Gasteiger charge is -2.11. The predicted octanol–water partition coefficient (Wildman–Crippen LogP) is 5.42. The van der Waals surface area contributed by atoms with Crippen molar-refractivity contribution in [1.82, 2.24) is 4.98 Å². The molecule has 3 aromatic carbocycles. The van der Waals surface area contributed by atoms with Crippen molar-refractivity contribution in [3.63, 3.8) is 0 Å². The Labute approximate surface area is 157 Å². The number of anilines is 2. The van der Waals surface area contributed by atoms with Crippen LogP contribution in [0.15, 0.2) is 79.0 Å². The molecule has 4 aromatic rings. The fourth-order valence-corrected chi connectivity index (χ4v) is 3.07. The molecule has 2 N–H and O–H groups in total. The van der Waals surface area contributed by atoms with Gasteiger partial charge < -0.3 is 10.4 Å². The molecule has 0 aliphatic heterocycles. The minimum absolute atomic E-state index is 0.245. The largest absolute Gasteiger partial charge is 0.508 e. The van der Waals surface area contributed by atoms with Crippen LogP contribution in [0.1, 0.15) is 5.56 Å². The van der Waals surface area contributed by atoms with Gasteiger partial charge in [-0.3, -0.25) is 4.98 Å². The number of phenolic OH excluding ortho intramolecular Hbond substituents is 1. The molecule has 1 aromatic heterocycles. The highest BCUT2D eigenvalue weighted by atomic mass is 16.3. The third kappa shape index (κ3) is 3.58. The molecule has 0 saturated heterocycles. The maximum Gasteiger partial charge on any atom is 0.116 e. The second-order valence-corrected chi connectivity index (χ2v) is 6.30. The van der Waals surface area contributed by atoms with Crippen LogP contribution in [0.3, 0.4) is 0 Å². The van der Waals surface area contributed by atoms with Gasteiger partial charge >= 0.3 is 0 Å². The molecule has 1 heterocycles. The monoisotopic (exact) mass is 351 g/mol. The second-order valence-electron chi connectivity index (χ2n) is 6.30. The summed E-state index contributed by atoms with van der Waals surface area (Å²) in [6.07, 6.45) is 2.19. The van der Waals surface area contributed by atoms with Crippen LogP contribution in [-0.4, -0.2) is 10.1 Å². The van der Waals surface area contributed by atoms with Crippen LogP contribution < -0.4 is 5.32 Å². The number of benzene rings is 3. The molecule has 27 heavy (non-hydrogen) atoms. The summed E-state index contributed by atoms with van der Waals surface area (Å²) in [6.45, 7) is 0. The summed E-state index contributed by atoms with van der Waals surface area (Å²) >= 11 is 0. The number of nitriles is 1. The van der Waals surface area contributed by atoms with Crippen LogP contribution in [0.2, 0.25) is 0 Å². The van der Waals surface area contributed by atoms with Crippen LogP contribution >= 0.6 is 0 Å². The van der Waals surface area contributed by atoms with Crippen molar-refractivity contribution < 1.29 is 5.11 Å². The van der Waals surface area contributed by atoms with Crippen molar-refractivity contribution in [3.05, 3.63) is 84.6 Å². The molecule has 4 rings (SSSR count). The van der Waals surface area contributed by atoms with Crippen LogP contribution in [-0.2, 0) is 6.42 Å². The van der Waals surface area contributed by atoms with E-state index in [-0.39, 0.29) is 5.75 Å². The first-order valence-electron chi connectivity index (χ1n) is 8.64. The molecular formula is C23H17N3O. The Kier molecular flexibility index (Phi) is 4.42. The highest BCUT2D eigenvalue weighted by molar-refractivity contribution is 5.95. The number of hydrogen-bond donors (Lipinski definition) is 2. The first kappa shape index (κ1) is 16.6. The van der Waals surface area contributed by atoms with Gasteiger partial charge in [0.2, 0.25) is 0 Å². The summed E-state index contributed by atoms with van der Waals surface area (Å²) in [5, 5.41) is 23.0. The Hall–Kier alpha value is -3.84. The van der Waals surface area contributed by atoms with E-state index in [2.05, 4.69) is 22.4 Å². The molecule has 0 saturated carbocycles. The molecule has 0 aliphatic rings. The van der Waals surface area contributed by atoms with Crippen molar-refractivity contribution >= 4 is 22.3 Å². The Balaban J connectivity index is 1.72. The number of aromatic hydroxyl groups is 1. The topological polar surface area (TPSA) is 68.9 Å². The Morgan fingerprint density at radius 2 is 1.74 bits per heavy atom. The van der Waals surface area contributed by atoms with Gasteiger partial charge in [-0.05, 0) is 59.2 Å². The number of fused-ring (bicyclic) bond motifs is 1. The van der Waals surface area contributed by atoms with Gasteiger partial charge in [0, 0.05) is 23.0 Å². The molecule has 0 amide bonds. The zero-order chi connectivity index (χ0) is 18.6. The quantitative estimate of drug-likeness (QED) is 0.515. The van der Waals surface area contributed by atoms with Crippen molar-refractivity contribution in [1.29, 1.82) is 5.26 Å². The van der Waals surface area contributed by atoms with Gasteiger partial charge in [0.15, 0.2) is 0 Å². The molecule has 0 atom stereocenters. The Morgan fingerprint density at radius 1 is 0.926 bits per heavy atom. The summed E-state index contributed by atoms with van der Waals surface area (Å²) < 4.78 is 0. The van der Waals surface area contributed by atoms with Crippen molar-refractivity contribution in [3.8, 4) is 22.9 Å². The van der Waals surface area contributed by atoms with Gasteiger partial charge in [-0.2, -0.15) is 5.26 Å². The second kappa shape index (κ2) is 7.19. The standard InChI is InChI=1S/C23H17N3O/c24-12-10-16-4-7-19(8-5-16)26-23-11-13-25-22-9-6-18(15-21(22)23)17-2-1-3-20(27)14-17/h1-9,11,13-15,27H,10H2,(H,25,26). The van der Waals surface area contributed by atoms with Gasteiger partial charge in [-0.1, -0.05) is 30.3 Å². The van der Waals surface area contributed by atoms with E-state index in [4.69, 9.17) is 5.26 Å². The summed E-state index contributed by atoms with van der Waals surface area (Å²) in [5.41, 5.74) is 5.76. The van der Waals surface area contributed by atoms with E-state index < -0.39 is 0 Å². The van der Waals surface area contributed by atoms with E-state index in [0.717, 1.165) is 39.0 Å². The number of aromatic nitrogens is 1. The van der Waals surface area contributed by atoms with Crippen molar-refractivity contribution in [2.45, 2.75) is 6.42 Å². The van der Waals surface area contributed by atoms with E-state index >= 15 is 0 Å². The van der Waals surface area contributed by atoms with Crippen LogP contribution in [0.25, 0.3) is 22.0 Å². The highest BCUT2D eigenvalue weighted by Gasteiger charge is 2.06. The van der Waals surface area contributed by atoms with Gasteiger partial charge in [0.1, 0.15) is 5.75 Å². The average molecular weight is 351 g/mol. The summed E-state index contributed by atoms with van der Waals surface area (Å²) in [5.74, 6) is 0.245. The first-order chi connectivity index (χ1) is 13.2. The third-order valence-corrected chi connectivity index (χ3v) is 4.44. The summed E-state index contributed by atoms with van der Waals surface area (Å²) in [7, 11) is 0. The van der Waals surface area contributed by atoms with E-state index in [1.54, 1.807) is 18.3 Å². The van der Waals surface area contributed by atoms with Crippen molar-refractivity contribution in [2.24, 2.45) is 0 Å². The number of hydrogen-bond acceptors (Lipinski definition) is 4. The normalized spacial score (nSPS) is 10.5. The molecule has 4 nitrogen and oxygen atoms in total. The van der Waals surface area contributed by atoms with Gasteiger partial charge in [-0.15, -0.1) is 0 Å². The molecular weight excluding hydrogens is 334 g/mol. The molecule has 0 aliphatic carbocycles. The summed E-state index contributed by atoms with van der Waals surface area (Å²) in [4.78, 5) is 4.45. The van der Waals surface area contributed by atoms with Gasteiger partial charge in [0.25, 0.3) is 0 Å². The number of phenols is 1. The average Bonchev–Trinajstić information content (AvgIpc) is 2.70. The van der Waals surface area contributed by atoms with Crippen LogP contribution in [0, 0.1) is 11.3 Å². The van der Waals surface area contributed by atoms with E-state index in [0.29, 0.717) is 6.42 Å². The lowest BCUT2D eigenvalue weighted by Crippen LogP contribution is -1.93. The van der Waals surface area contributed by atoms with E-state index in [1.807, 2.05) is 54.6 Å². The molecule has 4 heteroatoms. The van der Waals surface area contributed by atoms with E-state index in [9.17, 15) is 5.11 Å². The van der Waals surface area contributed by atoms with Crippen molar-refractivity contribution in [2.75, 3.05) is 5.32 Å². The Morgan fingerprint density at radius 3 is 2.52 bits per heavy atom. The SMILES string of the molecule is N#CCc1ccc(Nc2ccnc3ccc(-c4cccc(O)c4)cc23)cc1. The molecule has 0 bridgehead atoms. The minimum Gasteiger partial charge on any atom is -0.508 e. The highest BCUT2D eigenvalue weighted by Crippen LogP contribution is 2.31. The maximum atomic E-state index is 9.75. The van der Waals surface area contributed by atoms with Crippen LogP contribution in [0.5, 0.6) is 5.75 Å². The fourth-order valence-electron chi connectivity index (χ4n) is 3.07. The molecule has 0 fully saturated rings. The zero-order valence-corrected chi connectivity index (χ0v) is 14.6. The van der Waals surface area contributed by atoms with Crippen LogP contribution in [0.4, 0.5) is 11.4 Å². The molecule has 0 radical (unpaired) electrons. The smallest absolute Gasteiger partial charge is 0.116 e. The number of rotatable bonds is 4. The minimum atomic E-state index is 0.245. The maximum absolute atomic E-state index is 9.75. The molecule has 0 spiro atoms. The fraction of sp³-hybridized carbons (Fsp3) is 0.0435.